The fourth-order valence-corrected chi connectivity index (χ4v) is 2.64. The quantitative estimate of drug-likeness (QED) is 0.155. The van der Waals surface area contributed by atoms with Gasteiger partial charge in [0.1, 0.15) is 22.7 Å². The Balaban J connectivity index is 0.000000349. The molecule has 0 spiro atoms. The summed E-state index contributed by atoms with van der Waals surface area (Å²) >= 11 is 7.33. The number of aliphatic carboxylic acids is 1. The van der Waals surface area contributed by atoms with Crippen molar-refractivity contribution in [2.24, 2.45) is 0 Å². The summed E-state index contributed by atoms with van der Waals surface area (Å²) in [4.78, 5) is 43.1. The molecule has 0 unspecified atom stereocenters. The number of hydrogen-bond acceptors (Lipinski definition) is 11. The molecule has 0 fully saturated rings. The molecule has 0 aliphatic carbocycles. The van der Waals surface area contributed by atoms with Gasteiger partial charge in [0.25, 0.3) is 0 Å². The maximum Gasteiger partial charge on any atom is 0.336 e. The van der Waals surface area contributed by atoms with Gasteiger partial charge in [-0.15, -0.1) is 0 Å². The largest absolute Gasteiger partial charge is 0.478 e. The van der Waals surface area contributed by atoms with Crippen LogP contribution in [0.4, 0.5) is 0 Å². The van der Waals surface area contributed by atoms with Crippen molar-refractivity contribution in [3.63, 3.8) is 0 Å². The van der Waals surface area contributed by atoms with E-state index >= 15 is 0 Å². The van der Waals surface area contributed by atoms with Crippen molar-refractivity contribution in [3.8, 4) is 11.5 Å². The lowest BCUT2D eigenvalue weighted by atomic mass is 10.2. The molecule has 38 heavy (non-hydrogen) atoms. The highest BCUT2D eigenvalue weighted by molar-refractivity contribution is 8.07. The van der Waals surface area contributed by atoms with Gasteiger partial charge in [0.05, 0.1) is 31.8 Å². The summed E-state index contributed by atoms with van der Waals surface area (Å²) in [6.07, 6.45) is 4.26. The van der Waals surface area contributed by atoms with E-state index in [2.05, 4.69) is 27.1 Å². The summed E-state index contributed by atoms with van der Waals surface area (Å²) < 4.78 is 24.6. The molecule has 2 aromatic heterocycles. The summed E-state index contributed by atoms with van der Waals surface area (Å²) in [5.41, 5.74) is -0.0642. The highest BCUT2D eigenvalue weighted by Gasteiger charge is 2.01. The van der Waals surface area contributed by atoms with Crippen molar-refractivity contribution in [1.82, 2.24) is 0 Å². The molecule has 4 rings (SSSR count). The lowest BCUT2D eigenvalue weighted by Gasteiger charge is -2.01. The molecule has 2 heterocycles. The van der Waals surface area contributed by atoms with Crippen molar-refractivity contribution >= 4 is 69.7 Å². The zero-order chi connectivity index (χ0) is 27.2. The number of carbonyl (C=O) groups is 2. The van der Waals surface area contributed by atoms with E-state index in [1.54, 1.807) is 42.5 Å². The van der Waals surface area contributed by atoms with Crippen LogP contribution >= 0.6 is 13.5 Å². The van der Waals surface area contributed by atoms with Crippen LogP contribution in [0.2, 0.25) is 0 Å². The van der Waals surface area contributed by atoms with Gasteiger partial charge < -0.3 is 28.2 Å². The highest BCUT2D eigenvalue weighted by Crippen LogP contribution is 2.20. The molecule has 0 saturated carbocycles. The minimum atomic E-state index is -1.10. The number of ether oxygens (including phenoxy) is 3. The molecule has 0 radical (unpaired) electrons. The lowest BCUT2D eigenvalue weighted by molar-refractivity contribution is -0.135. The standard InChI is InChI=1S/C13H10O5.C12H8O5.S2.H2S/c1-16-12(14)6-7-17-10-4-2-9-3-5-13(15)18-11(9)8-10;13-11(14)5-6-16-9-3-1-8-2-4-12(15)17-10(8)7-9;1-2;/h2-8H,1H3;1-7H,(H,13,14);;1H2/b7-6+;6-5+;;. The Morgan fingerprint density at radius 3 is 1.61 bits per heavy atom. The van der Waals surface area contributed by atoms with Crippen LogP contribution in [0.25, 0.3) is 21.9 Å². The number of carboxylic acid groups (broad SMARTS) is 1. The van der Waals surface area contributed by atoms with Gasteiger partial charge in [-0.2, -0.15) is 13.5 Å². The van der Waals surface area contributed by atoms with Crippen molar-refractivity contribution < 1.29 is 37.7 Å². The third-order valence-electron chi connectivity index (χ3n) is 4.21. The van der Waals surface area contributed by atoms with E-state index in [-0.39, 0.29) is 13.5 Å². The second-order valence-electron chi connectivity index (χ2n) is 6.61. The maximum absolute atomic E-state index is 11.1. The van der Waals surface area contributed by atoms with Crippen LogP contribution in [0.15, 0.2) is 104 Å². The molecule has 0 saturated heterocycles. The van der Waals surface area contributed by atoms with Gasteiger partial charge in [-0.3, -0.25) is 0 Å². The number of fused-ring (bicyclic) bond motifs is 2. The van der Waals surface area contributed by atoms with Crippen molar-refractivity contribution in [2.45, 2.75) is 0 Å². The minimum Gasteiger partial charge on any atom is -0.478 e. The van der Waals surface area contributed by atoms with E-state index in [4.69, 9.17) is 23.4 Å². The van der Waals surface area contributed by atoms with Crippen molar-refractivity contribution in [3.05, 3.63) is 106 Å². The topological polar surface area (TPSA) is 142 Å². The van der Waals surface area contributed by atoms with Gasteiger partial charge in [-0.05, 0) is 36.4 Å². The molecule has 2 aromatic carbocycles. The van der Waals surface area contributed by atoms with Crippen LogP contribution in [0, 0.1) is 0 Å². The number of esters is 1. The van der Waals surface area contributed by atoms with E-state index in [0.717, 1.165) is 29.2 Å². The third-order valence-corrected chi connectivity index (χ3v) is 4.21. The Morgan fingerprint density at radius 2 is 1.18 bits per heavy atom. The van der Waals surface area contributed by atoms with Crippen LogP contribution in [0.3, 0.4) is 0 Å². The molecular formula is C25H20O10S3. The molecule has 10 nitrogen and oxygen atoms in total. The fraction of sp³-hybridized carbons (Fsp3) is 0.0400. The molecule has 1 N–H and O–H groups in total. The summed E-state index contributed by atoms with van der Waals surface area (Å²) in [5.74, 6) is -0.763. The van der Waals surface area contributed by atoms with Gasteiger partial charge in [-0.1, -0.05) is 0 Å². The summed E-state index contributed by atoms with van der Waals surface area (Å²) in [6, 6.07) is 15.9. The molecule has 0 aliphatic heterocycles. The van der Waals surface area contributed by atoms with E-state index in [0.29, 0.717) is 22.7 Å². The molecule has 0 bridgehead atoms. The number of rotatable bonds is 6. The Bertz CT molecular complexity index is 1560. The normalized spacial score (nSPS) is 10.0. The first kappa shape index (κ1) is 31.7. The lowest BCUT2D eigenvalue weighted by Crippen LogP contribution is -1.96. The van der Waals surface area contributed by atoms with Crippen LogP contribution in [0.1, 0.15) is 0 Å². The van der Waals surface area contributed by atoms with E-state index in [1.165, 1.54) is 31.6 Å². The first-order valence-electron chi connectivity index (χ1n) is 10.1. The summed E-state index contributed by atoms with van der Waals surface area (Å²) in [5, 5.41) is 9.93. The SMILES string of the molecule is COC(=O)/C=C/Oc1ccc2ccc(=O)oc2c1.O=C(O)/C=C/Oc1ccc2ccc(=O)oc2c1.S.S=S. The van der Waals surface area contributed by atoms with Gasteiger partial charge in [0.2, 0.25) is 0 Å². The first-order chi connectivity index (χ1) is 17.8. The van der Waals surface area contributed by atoms with E-state index in [1.807, 2.05) is 0 Å². The van der Waals surface area contributed by atoms with Gasteiger partial charge in [-0.25, -0.2) is 19.2 Å². The zero-order valence-corrected chi connectivity index (χ0v) is 22.2. The average Bonchev–Trinajstić information content (AvgIpc) is 2.89. The van der Waals surface area contributed by atoms with Gasteiger partial charge in [0.15, 0.2) is 0 Å². The molecule has 4 aromatic rings. The first-order valence-corrected chi connectivity index (χ1v) is 11.4. The van der Waals surface area contributed by atoms with Crippen LogP contribution in [-0.4, -0.2) is 24.2 Å². The number of carboxylic acids is 1. The molecule has 13 heteroatoms. The summed E-state index contributed by atoms with van der Waals surface area (Å²) in [7, 11) is 1.28. The predicted molar refractivity (Wildman–Crippen MR) is 149 cm³/mol. The summed E-state index contributed by atoms with van der Waals surface area (Å²) in [6.45, 7) is 0. The van der Waals surface area contributed by atoms with Gasteiger partial charge >= 0.3 is 23.2 Å². The number of methoxy groups -OCH3 is 1. The van der Waals surface area contributed by atoms with Crippen molar-refractivity contribution in [2.75, 3.05) is 7.11 Å². The Kier molecular flexibility index (Phi) is 13.7. The zero-order valence-electron chi connectivity index (χ0n) is 19.5. The van der Waals surface area contributed by atoms with Gasteiger partial charge in [0, 0.05) is 57.4 Å². The molecule has 0 atom stereocenters. The molecule has 198 valence electrons. The van der Waals surface area contributed by atoms with Crippen LogP contribution in [-0.2, 0) is 36.7 Å². The van der Waals surface area contributed by atoms with Crippen LogP contribution < -0.4 is 20.7 Å². The van der Waals surface area contributed by atoms with E-state index < -0.39 is 23.2 Å². The average molecular weight is 577 g/mol. The van der Waals surface area contributed by atoms with Crippen molar-refractivity contribution in [1.29, 1.82) is 0 Å². The monoisotopic (exact) mass is 576 g/mol. The number of hydrogen-bond donors (Lipinski definition) is 1. The fourth-order valence-electron chi connectivity index (χ4n) is 2.64. The van der Waals surface area contributed by atoms with Crippen LogP contribution in [0.5, 0.6) is 11.5 Å². The Morgan fingerprint density at radius 1 is 0.763 bits per heavy atom. The number of benzene rings is 2. The number of carbonyl (C=O) groups excluding carboxylic acids is 1. The highest BCUT2D eigenvalue weighted by atomic mass is 32.8. The second kappa shape index (κ2) is 16.4. The van der Waals surface area contributed by atoms with E-state index in [9.17, 15) is 19.2 Å². The minimum absolute atomic E-state index is 0. The Labute approximate surface area is 231 Å². The molecule has 0 aliphatic rings. The molecular weight excluding hydrogens is 556 g/mol. The Hall–Kier alpha value is -4.33. The molecule has 0 amide bonds. The maximum atomic E-state index is 11.1. The third kappa shape index (κ3) is 10.3. The second-order valence-corrected chi connectivity index (χ2v) is 6.61. The predicted octanol–water partition coefficient (Wildman–Crippen LogP) is 3.74. The smallest absolute Gasteiger partial charge is 0.336 e.